The van der Waals surface area contributed by atoms with Crippen molar-refractivity contribution in [2.24, 2.45) is 10.8 Å². The summed E-state index contributed by atoms with van der Waals surface area (Å²) >= 11 is 0. The zero-order valence-corrected chi connectivity index (χ0v) is 19.4. The van der Waals surface area contributed by atoms with E-state index in [1.165, 1.54) is 9.80 Å². The molecule has 2 aliphatic heterocycles. The Labute approximate surface area is 198 Å². The zero-order valence-electron chi connectivity index (χ0n) is 19.4. The smallest absolute Gasteiger partial charge is 0.325 e. The second kappa shape index (κ2) is 9.29. The van der Waals surface area contributed by atoms with Gasteiger partial charge in [0.1, 0.15) is 0 Å². The first-order valence-electron chi connectivity index (χ1n) is 11.4. The van der Waals surface area contributed by atoms with E-state index >= 15 is 0 Å². The summed E-state index contributed by atoms with van der Waals surface area (Å²) in [5.74, 6) is -2.92. The summed E-state index contributed by atoms with van der Waals surface area (Å²) in [4.78, 5) is 57.6. The predicted molar refractivity (Wildman–Crippen MR) is 122 cm³/mol. The fourth-order valence-corrected chi connectivity index (χ4v) is 5.05. The molecule has 8 nitrogen and oxygen atoms in total. The highest BCUT2D eigenvalue weighted by atomic mass is 16.5. The number of carbonyl (C=O) groups excluding carboxylic acids is 4. The number of amides is 2. The number of carbonyl (C=O) groups is 4. The fourth-order valence-electron chi connectivity index (χ4n) is 5.05. The molecule has 2 aromatic rings. The minimum Gasteiger partial charge on any atom is -0.465 e. The fraction of sp³-hybridized carbons (Fsp3) is 0.385. The highest BCUT2D eigenvalue weighted by molar-refractivity contribution is 6.21. The maximum atomic E-state index is 13.9. The molecule has 8 heteroatoms. The van der Waals surface area contributed by atoms with E-state index in [9.17, 15) is 19.2 Å². The van der Waals surface area contributed by atoms with Gasteiger partial charge in [-0.05, 0) is 25.0 Å². The van der Waals surface area contributed by atoms with Crippen LogP contribution in [-0.2, 0) is 41.7 Å². The van der Waals surface area contributed by atoms with E-state index in [1.54, 1.807) is 13.8 Å². The molecule has 2 atom stereocenters. The van der Waals surface area contributed by atoms with Crippen LogP contribution in [0.4, 0.5) is 0 Å². The van der Waals surface area contributed by atoms with Crippen LogP contribution in [-0.4, -0.2) is 59.9 Å². The lowest BCUT2D eigenvalue weighted by Gasteiger charge is -2.29. The van der Waals surface area contributed by atoms with Crippen molar-refractivity contribution in [2.45, 2.75) is 26.9 Å². The van der Waals surface area contributed by atoms with Gasteiger partial charge in [-0.15, -0.1) is 0 Å². The van der Waals surface area contributed by atoms with Crippen LogP contribution >= 0.6 is 0 Å². The first-order chi connectivity index (χ1) is 16.4. The van der Waals surface area contributed by atoms with E-state index in [1.807, 2.05) is 60.7 Å². The van der Waals surface area contributed by atoms with Crippen molar-refractivity contribution < 1.29 is 28.7 Å². The normalized spacial score (nSPS) is 23.7. The van der Waals surface area contributed by atoms with Crippen LogP contribution in [0.1, 0.15) is 25.0 Å². The Morgan fingerprint density at radius 3 is 1.38 bits per heavy atom. The molecule has 0 spiro atoms. The number of benzene rings is 2. The number of esters is 2. The van der Waals surface area contributed by atoms with Crippen LogP contribution in [0, 0.1) is 10.8 Å². The molecule has 0 aliphatic carbocycles. The van der Waals surface area contributed by atoms with Crippen LogP contribution in [0.5, 0.6) is 0 Å². The van der Waals surface area contributed by atoms with Crippen LogP contribution in [0.15, 0.2) is 60.7 Å². The van der Waals surface area contributed by atoms with Gasteiger partial charge in [0.25, 0.3) is 0 Å². The van der Waals surface area contributed by atoms with E-state index < -0.39 is 34.6 Å². The van der Waals surface area contributed by atoms with Crippen molar-refractivity contribution in [1.82, 2.24) is 9.80 Å². The zero-order chi connectivity index (χ0) is 24.3. The molecular weight excluding hydrogens is 436 g/mol. The largest absolute Gasteiger partial charge is 0.465 e. The van der Waals surface area contributed by atoms with Crippen LogP contribution in [0.3, 0.4) is 0 Å². The van der Waals surface area contributed by atoms with Gasteiger partial charge in [-0.25, -0.2) is 0 Å². The van der Waals surface area contributed by atoms with E-state index in [-0.39, 0.29) is 39.4 Å². The molecule has 2 saturated heterocycles. The Bertz CT molecular complexity index is 1000. The van der Waals surface area contributed by atoms with Gasteiger partial charge in [-0.2, -0.15) is 0 Å². The quantitative estimate of drug-likeness (QED) is 0.439. The highest BCUT2D eigenvalue weighted by Crippen LogP contribution is 2.56. The first-order valence-corrected chi connectivity index (χ1v) is 11.4. The van der Waals surface area contributed by atoms with Crippen LogP contribution in [0.2, 0.25) is 0 Å². The van der Waals surface area contributed by atoms with Gasteiger partial charge in [0.15, 0.2) is 10.8 Å². The third kappa shape index (κ3) is 3.54. The van der Waals surface area contributed by atoms with Gasteiger partial charge in [0.2, 0.25) is 11.8 Å². The second-order valence-electron chi connectivity index (χ2n) is 8.55. The Balaban J connectivity index is 1.80. The van der Waals surface area contributed by atoms with E-state index in [2.05, 4.69) is 0 Å². The first kappa shape index (κ1) is 23.5. The summed E-state index contributed by atoms with van der Waals surface area (Å²) in [5, 5.41) is 0. The average molecular weight is 465 g/mol. The molecule has 34 heavy (non-hydrogen) atoms. The molecule has 2 amide bonds. The van der Waals surface area contributed by atoms with E-state index in [0.29, 0.717) is 0 Å². The molecule has 0 saturated carbocycles. The standard InChI is InChI=1S/C26H28N2O6/c1-3-33-23(31)25-17-27(15-19-11-7-5-8-12-19)22(30)26(25,24(32)34-4-2)18-28(21(25)29)16-20-13-9-6-10-14-20/h5-14H,3-4,15-18H2,1-2H3. The predicted octanol–water partition coefficient (Wildman–Crippen LogP) is 2.17. The second-order valence-corrected chi connectivity index (χ2v) is 8.55. The third-order valence-electron chi connectivity index (χ3n) is 6.57. The summed E-state index contributed by atoms with van der Waals surface area (Å²) < 4.78 is 10.7. The Kier molecular flexibility index (Phi) is 6.41. The number of fused-ring (bicyclic) bond motifs is 1. The molecular formula is C26H28N2O6. The van der Waals surface area contributed by atoms with Crippen molar-refractivity contribution in [2.75, 3.05) is 26.3 Å². The van der Waals surface area contributed by atoms with E-state index in [4.69, 9.17) is 9.47 Å². The lowest BCUT2D eigenvalue weighted by atomic mass is 9.67. The van der Waals surface area contributed by atoms with Gasteiger partial charge >= 0.3 is 11.9 Å². The molecule has 2 aliphatic rings. The van der Waals surface area contributed by atoms with Crippen molar-refractivity contribution in [3.8, 4) is 0 Å². The molecule has 2 aromatic carbocycles. The Morgan fingerprint density at radius 2 is 1.06 bits per heavy atom. The molecule has 0 aromatic heterocycles. The molecule has 2 heterocycles. The summed E-state index contributed by atoms with van der Waals surface area (Å²) in [7, 11) is 0. The molecule has 4 rings (SSSR count). The monoisotopic (exact) mass is 464 g/mol. The third-order valence-corrected chi connectivity index (χ3v) is 6.57. The molecule has 0 N–H and O–H groups in total. The van der Waals surface area contributed by atoms with Gasteiger partial charge in [0.05, 0.1) is 13.2 Å². The summed E-state index contributed by atoms with van der Waals surface area (Å²) in [6, 6.07) is 18.5. The summed E-state index contributed by atoms with van der Waals surface area (Å²) in [6.45, 7) is 3.10. The minimum atomic E-state index is -2.00. The molecule has 2 unspecified atom stereocenters. The minimum absolute atomic E-state index is 0.0122. The highest BCUT2D eigenvalue weighted by Gasteiger charge is 2.81. The van der Waals surface area contributed by atoms with Gasteiger partial charge in [-0.1, -0.05) is 60.7 Å². The van der Waals surface area contributed by atoms with Crippen molar-refractivity contribution >= 4 is 23.8 Å². The number of hydrogen-bond donors (Lipinski definition) is 0. The Hall–Kier alpha value is -3.68. The molecule has 178 valence electrons. The van der Waals surface area contributed by atoms with Gasteiger partial charge in [-0.3, -0.25) is 19.2 Å². The topological polar surface area (TPSA) is 93.2 Å². The number of likely N-dealkylation sites (tertiary alicyclic amines) is 2. The lowest BCUT2D eigenvalue weighted by Crippen LogP contribution is -2.55. The number of hydrogen-bond acceptors (Lipinski definition) is 6. The molecule has 2 fully saturated rings. The number of nitrogens with zero attached hydrogens (tertiary/aromatic N) is 2. The molecule has 0 radical (unpaired) electrons. The summed E-state index contributed by atoms with van der Waals surface area (Å²) in [5.41, 5.74) is -2.36. The van der Waals surface area contributed by atoms with Crippen LogP contribution in [0.25, 0.3) is 0 Å². The molecule has 0 bridgehead atoms. The van der Waals surface area contributed by atoms with E-state index in [0.717, 1.165) is 11.1 Å². The van der Waals surface area contributed by atoms with Crippen molar-refractivity contribution in [3.05, 3.63) is 71.8 Å². The average Bonchev–Trinajstić information content (AvgIpc) is 3.23. The summed E-state index contributed by atoms with van der Waals surface area (Å²) in [6.07, 6.45) is 0. The number of rotatable bonds is 8. The maximum Gasteiger partial charge on any atom is 0.325 e. The maximum absolute atomic E-state index is 13.9. The van der Waals surface area contributed by atoms with Crippen molar-refractivity contribution in [3.63, 3.8) is 0 Å². The lowest BCUT2D eigenvalue weighted by molar-refractivity contribution is -0.177. The Morgan fingerprint density at radius 1 is 0.706 bits per heavy atom. The SMILES string of the molecule is CCOC(=O)C12CN(Cc3ccccc3)C(=O)C1(C(=O)OCC)CN(Cc1ccccc1)C2=O. The van der Waals surface area contributed by atoms with Gasteiger partial charge in [0, 0.05) is 26.2 Å². The van der Waals surface area contributed by atoms with Gasteiger partial charge < -0.3 is 19.3 Å². The van der Waals surface area contributed by atoms with Crippen molar-refractivity contribution in [1.29, 1.82) is 0 Å². The number of ether oxygens (including phenoxy) is 2. The van der Waals surface area contributed by atoms with Crippen LogP contribution < -0.4 is 0 Å².